The summed E-state index contributed by atoms with van der Waals surface area (Å²) in [4.78, 5) is 21.0. The summed E-state index contributed by atoms with van der Waals surface area (Å²) in [7, 11) is 0. The summed E-state index contributed by atoms with van der Waals surface area (Å²) in [5.41, 5.74) is 3.42. The Bertz CT molecular complexity index is 851. The van der Waals surface area contributed by atoms with Gasteiger partial charge in [-0.1, -0.05) is 45.0 Å². The maximum atomic E-state index is 12.1. The molecule has 4 heteroatoms. The number of aromatic amines is 1. The first-order valence-corrected chi connectivity index (χ1v) is 7.77. The van der Waals surface area contributed by atoms with Crippen molar-refractivity contribution >= 4 is 21.6 Å². The summed E-state index contributed by atoms with van der Waals surface area (Å²) >= 11 is 1.57. The monoisotopic (exact) mass is 298 g/mol. The molecule has 3 rings (SSSR count). The van der Waals surface area contributed by atoms with Crippen molar-refractivity contribution in [2.45, 2.75) is 33.1 Å². The largest absolute Gasteiger partial charge is 0.313 e. The highest BCUT2D eigenvalue weighted by Gasteiger charge is 2.17. The van der Waals surface area contributed by atoms with Crippen LogP contribution in [0.1, 0.15) is 31.2 Å². The van der Waals surface area contributed by atoms with Crippen LogP contribution in [0.15, 0.2) is 35.4 Å². The van der Waals surface area contributed by atoms with Crippen LogP contribution in [-0.2, 0) is 5.41 Å². The predicted molar refractivity (Wildman–Crippen MR) is 89.1 cm³/mol. The molecule has 108 valence electrons. The Labute approximate surface area is 127 Å². The molecular weight excluding hydrogens is 280 g/mol. The van der Waals surface area contributed by atoms with Crippen molar-refractivity contribution < 1.29 is 0 Å². The molecule has 3 aromatic rings. The number of thiophene rings is 1. The lowest BCUT2D eigenvalue weighted by atomic mass is 9.86. The van der Waals surface area contributed by atoms with Crippen LogP contribution in [0, 0.1) is 6.92 Å². The Hall–Kier alpha value is -1.94. The topological polar surface area (TPSA) is 45.8 Å². The summed E-state index contributed by atoms with van der Waals surface area (Å²) in [6.07, 6.45) is 1.47. The highest BCUT2D eigenvalue weighted by molar-refractivity contribution is 7.19. The van der Waals surface area contributed by atoms with Crippen LogP contribution in [0.4, 0.5) is 0 Å². The summed E-state index contributed by atoms with van der Waals surface area (Å²) in [6.45, 7) is 8.63. The number of fused-ring (bicyclic) bond motifs is 1. The van der Waals surface area contributed by atoms with Gasteiger partial charge in [-0.15, -0.1) is 11.3 Å². The Morgan fingerprint density at radius 3 is 2.43 bits per heavy atom. The van der Waals surface area contributed by atoms with Gasteiger partial charge in [0.1, 0.15) is 4.83 Å². The van der Waals surface area contributed by atoms with Crippen molar-refractivity contribution in [2.24, 2.45) is 0 Å². The molecule has 0 fully saturated rings. The number of hydrogen-bond acceptors (Lipinski definition) is 3. The SMILES string of the molecule is Cc1sc2nc[nH]c(=O)c2c1-c1ccc(C(C)(C)C)cc1. The van der Waals surface area contributed by atoms with Crippen molar-refractivity contribution in [2.75, 3.05) is 0 Å². The second-order valence-electron chi connectivity index (χ2n) is 6.27. The van der Waals surface area contributed by atoms with Gasteiger partial charge in [0.15, 0.2) is 0 Å². The highest BCUT2D eigenvalue weighted by atomic mass is 32.1. The van der Waals surface area contributed by atoms with Crippen LogP contribution in [0.5, 0.6) is 0 Å². The summed E-state index contributed by atoms with van der Waals surface area (Å²) in [6, 6.07) is 8.48. The van der Waals surface area contributed by atoms with Gasteiger partial charge >= 0.3 is 0 Å². The van der Waals surface area contributed by atoms with Crippen LogP contribution in [0.2, 0.25) is 0 Å². The first kappa shape index (κ1) is 14.0. The molecule has 1 N–H and O–H groups in total. The molecule has 3 nitrogen and oxygen atoms in total. The van der Waals surface area contributed by atoms with Gasteiger partial charge in [0, 0.05) is 10.4 Å². The second-order valence-corrected chi connectivity index (χ2v) is 7.48. The summed E-state index contributed by atoms with van der Waals surface area (Å²) in [5.74, 6) is 0. The summed E-state index contributed by atoms with van der Waals surface area (Å²) < 4.78 is 0. The fourth-order valence-corrected chi connectivity index (χ4v) is 3.55. The molecule has 0 aliphatic rings. The highest BCUT2D eigenvalue weighted by Crippen LogP contribution is 2.36. The van der Waals surface area contributed by atoms with E-state index < -0.39 is 0 Å². The Morgan fingerprint density at radius 1 is 1.14 bits per heavy atom. The molecule has 0 aliphatic carbocycles. The summed E-state index contributed by atoms with van der Waals surface area (Å²) in [5, 5.41) is 0.698. The maximum absolute atomic E-state index is 12.1. The van der Waals surface area contributed by atoms with E-state index in [4.69, 9.17) is 0 Å². The van der Waals surface area contributed by atoms with E-state index in [2.05, 4.69) is 55.0 Å². The van der Waals surface area contributed by atoms with Crippen molar-refractivity contribution in [1.29, 1.82) is 0 Å². The molecule has 0 unspecified atom stereocenters. The van der Waals surface area contributed by atoms with E-state index in [1.807, 2.05) is 6.92 Å². The zero-order chi connectivity index (χ0) is 15.2. The fraction of sp³-hybridized carbons (Fsp3) is 0.294. The average molecular weight is 298 g/mol. The number of aromatic nitrogens is 2. The van der Waals surface area contributed by atoms with Gasteiger partial charge in [-0.2, -0.15) is 0 Å². The number of aryl methyl sites for hydroxylation is 1. The van der Waals surface area contributed by atoms with Gasteiger partial charge in [0.05, 0.1) is 11.7 Å². The number of H-pyrrole nitrogens is 1. The number of hydrogen-bond donors (Lipinski definition) is 1. The van der Waals surface area contributed by atoms with Gasteiger partial charge < -0.3 is 4.98 Å². The molecule has 0 spiro atoms. The van der Waals surface area contributed by atoms with Gasteiger partial charge in [0.25, 0.3) is 5.56 Å². The van der Waals surface area contributed by atoms with E-state index in [0.29, 0.717) is 5.39 Å². The van der Waals surface area contributed by atoms with Crippen LogP contribution >= 0.6 is 11.3 Å². The smallest absolute Gasteiger partial charge is 0.260 e. The quantitative estimate of drug-likeness (QED) is 0.729. The van der Waals surface area contributed by atoms with E-state index in [1.54, 1.807) is 11.3 Å². The molecule has 0 bridgehead atoms. The van der Waals surface area contributed by atoms with E-state index >= 15 is 0 Å². The molecule has 0 saturated carbocycles. The first-order valence-electron chi connectivity index (χ1n) is 6.95. The molecule has 0 amide bonds. The number of nitrogens with one attached hydrogen (secondary N) is 1. The Balaban J connectivity index is 2.21. The Kier molecular flexibility index (Phi) is 3.21. The molecular formula is C17H18N2OS. The minimum absolute atomic E-state index is 0.0701. The molecule has 0 atom stereocenters. The van der Waals surface area contributed by atoms with Crippen molar-refractivity contribution in [3.8, 4) is 11.1 Å². The molecule has 2 heterocycles. The van der Waals surface area contributed by atoms with Crippen molar-refractivity contribution in [3.63, 3.8) is 0 Å². The van der Waals surface area contributed by atoms with Crippen LogP contribution in [0.3, 0.4) is 0 Å². The zero-order valence-corrected chi connectivity index (χ0v) is 13.5. The molecule has 0 aliphatic heterocycles. The van der Waals surface area contributed by atoms with Gasteiger partial charge in [0.2, 0.25) is 0 Å². The number of nitrogens with zero attached hydrogens (tertiary/aromatic N) is 1. The minimum atomic E-state index is -0.0701. The predicted octanol–water partition coefficient (Wildman–Crippen LogP) is 4.26. The van der Waals surface area contributed by atoms with Crippen LogP contribution in [0.25, 0.3) is 21.3 Å². The minimum Gasteiger partial charge on any atom is -0.313 e. The number of benzene rings is 1. The van der Waals surface area contributed by atoms with E-state index in [-0.39, 0.29) is 11.0 Å². The zero-order valence-electron chi connectivity index (χ0n) is 12.7. The standard InChI is InChI=1S/C17H18N2OS/c1-10-13(14-15(20)18-9-19-16(14)21-10)11-5-7-12(8-6-11)17(2,3)4/h5-9H,1-4H3,(H,18,19,20). The lowest BCUT2D eigenvalue weighted by molar-refractivity contribution is 0.590. The third-order valence-corrected chi connectivity index (χ3v) is 4.72. The third kappa shape index (κ3) is 2.40. The third-order valence-electron chi connectivity index (χ3n) is 3.71. The fourth-order valence-electron chi connectivity index (χ4n) is 2.54. The molecule has 1 aromatic carbocycles. The van der Waals surface area contributed by atoms with Gasteiger partial charge in [-0.05, 0) is 23.5 Å². The second kappa shape index (κ2) is 4.81. The average Bonchev–Trinajstić information content (AvgIpc) is 2.75. The Morgan fingerprint density at radius 2 is 1.81 bits per heavy atom. The van der Waals surface area contributed by atoms with Crippen LogP contribution in [-0.4, -0.2) is 9.97 Å². The van der Waals surface area contributed by atoms with E-state index in [1.165, 1.54) is 11.9 Å². The van der Waals surface area contributed by atoms with Gasteiger partial charge in [-0.3, -0.25) is 4.79 Å². The maximum Gasteiger partial charge on any atom is 0.260 e. The first-order chi connectivity index (χ1) is 9.88. The van der Waals surface area contributed by atoms with E-state index in [0.717, 1.165) is 20.8 Å². The van der Waals surface area contributed by atoms with Crippen molar-refractivity contribution in [3.05, 3.63) is 51.4 Å². The normalized spacial score (nSPS) is 12.0. The number of rotatable bonds is 1. The van der Waals surface area contributed by atoms with E-state index in [9.17, 15) is 4.79 Å². The van der Waals surface area contributed by atoms with Crippen molar-refractivity contribution in [1.82, 2.24) is 9.97 Å². The molecule has 0 saturated heterocycles. The molecule has 2 aromatic heterocycles. The lowest BCUT2D eigenvalue weighted by Crippen LogP contribution is -2.10. The van der Waals surface area contributed by atoms with Crippen LogP contribution < -0.4 is 5.56 Å². The molecule has 21 heavy (non-hydrogen) atoms. The van der Waals surface area contributed by atoms with Gasteiger partial charge in [-0.25, -0.2) is 4.98 Å². The lowest BCUT2D eigenvalue weighted by Gasteiger charge is -2.19. The molecule has 0 radical (unpaired) electrons.